The van der Waals surface area contributed by atoms with Gasteiger partial charge in [0, 0.05) is 16.9 Å². The molecule has 122 valence electrons. The lowest BCUT2D eigenvalue weighted by Crippen LogP contribution is -2.12. The van der Waals surface area contributed by atoms with E-state index in [1.165, 1.54) is 11.3 Å². The maximum absolute atomic E-state index is 12.0. The van der Waals surface area contributed by atoms with Crippen molar-refractivity contribution in [3.8, 4) is 11.1 Å². The van der Waals surface area contributed by atoms with Crippen molar-refractivity contribution < 1.29 is 14.7 Å². The number of hydrogen-bond acceptors (Lipinski definition) is 3. The average molecular weight is 331 g/mol. The molecule has 23 heavy (non-hydrogen) atoms. The van der Waals surface area contributed by atoms with E-state index in [0.717, 1.165) is 28.8 Å². The summed E-state index contributed by atoms with van der Waals surface area (Å²) in [5, 5.41) is 12.8. The van der Waals surface area contributed by atoms with E-state index in [4.69, 9.17) is 0 Å². The fourth-order valence-corrected chi connectivity index (χ4v) is 3.52. The molecule has 0 bridgehead atoms. The molecule has 2 rings (SSSR count). The number of amides is 1. The minimum atomic E-state index is -1.02. The van der Waals surface area contributed by atoms with Gasteiger partial charge in [0.2, 0.25) is 5.91 Å². The van der Waals surface area contributed by atoms with Gasteiger partial charge in [-0.05, 0) is 25.8 Å². The molecule has 0 aliphatic heterocycles. The van der Waals surface area contributed by atoms with E-state index in [-0.39, 0.29) is 11.5 Å². The number of carbonyl (C=O) groups excluding carboxylic acids is 1. The smallest absolute Gasteiger partial charge is 0.339 e. The monoisotopic (exact) mass is 331 g/mol. The Labute approximate surface area is 140 Å². The molecule has 5 heteroatoms. The van der Waals surface area contributed by atoms with Gasteiger partial charge in [-0.1, -0.05) is 43.2 Å². The topological polar surface area (TPSA) is 66.4 Å². The minimum absolute atomic E-state index is 0.133. The number of hydrogen-bond donors (Lipinski definition) is 2. The molecule has 0 radical (unpaired) electrons. The second-order valence-corrected chi connectivity index (χ2v) is 6.79. The van der Waals surface area contributed by atoms with Crippen molar-refractivity contribution in [2.75, 3.05) is 5.32 Å². The third-order valence-corrected chi connectivity index (χ3v) is 4.67. The van der Waals surface area contributed by atoms with Crippen LogP contribution in [0.2, 0.25) is 0 Å². The highest BCUT2D eigenvalue weighted by atomic mass is 32.1. The third kappa shape index (κ3) is 3.99. The number of nitrogens with one attached hydrogen (secondary N) is 1. The summed E-state index contributed by atoms with van der Waals surface area (Å²) in [7, 11) is 0. The van der Waals surface area contributed by atoms with Gasteiger partial charge in [0.1, 0.15) is 10.6 Å². The quantitative estimate of drug-likeness (QED) is 0.794. The first kappa shape index (κ1) is 17.2. The maximum Gasteiger partial charge on any atom is 0.339 e. The normalized spacial score (nSPS) is 10.6. The van der Waals surface area contributed by atoms with Gasteiger partial charge in [-0.3, -0.25) is 4.79 Å². The predicted molar refractivity (Wildman–Crippen MR) is 94.3 cm³/mol. The fraction of sp³-hybridized carbons (Fsp3) is 0.333. The Hall–Kier alpha value is -2.14. The van der Waals surface area contributed by atoms with Crippen LogP contribution in [-0.2, 0) is 4.79 Å². The Morgan fingerprint density at radius 2 is 1.83 bits per heavy atom. The molecule has 1 aromatic heterocycles. The molecule has 0 aliphatic carbocycles. The van der Waals surface area contributed by atoms with E-state index in [1.54, 1.807) is 0 Å². The first-order chi connectivity index (χ1) is 10.9. The van der Waals surface area contributed by atoms with Crippen molar-refractivity contribution in [3.63, 3.8) is 0 Å². The van der Waals surface area contributed by atoms with Crippen LogP contribution in [0.1, 0.15) is 47.0 Å². The molecule has 0 unspecified atom stereocenters. The zero-order chi connectivity index (χ0) is 17.0. The summed E-state index contributed by atoms with van der Waals surface area (Å²) in [4.78, 5) is 24.6. The van der Waals surface area contributed by atoms with Gasteiger partial charge in [-0.2, -0.15) is 0 Å². The number of anilines is 1. The zero-order valence-electron chi connectivity index (χ0n) is 13.6. The summed E-state index contributed by atoms with van der Waals surface area (Å²) in [5.41, 5.74) is 2.84. The van der Waals surface area contributed by atoms with Gasteiger partial charge in [-0.25, -0.2) is 4.79 Å². The van der Waals surface area contributed by atoms with Crippen LogP contribution in [0.15, 0.2) is 24.3 Å². The molecule has 0 fully saturated rings. The van der Waals surface area contributed by atoms with Crippen LogP contribution >= 0.6 is 11.3 Å². The summed E-state index contributed by atoms with van der Waals surface area (Å²) in [5.74, 6) is -1.15. The number of carbonyl (C=O) groups is 2. The van der Waals surface area contributed by atoms with Crippen LogP contribution < -0.4 is 5.32 Å². The number of unbranched alkanes of at least 4 members (excludes halogenated alkanes) is 1. The van der Waals surface area contributed by atoms with Gasteiger partial charge in [0.15, 0.2) is 0 Å². The molecule has 4 nitrogen and oxygen atoms in total. The van der Waals surface area contributed by atoms with E-state index in [2.05, 4.69) is 5.32 Å². The minimum Gasteiger partial charge on any atom is -0.478 e. The molecule has 0 spiro atoms. The average Bonchev–Trinajstić information content (AvgIpc) is 2.82. The molecule has 0 saturated carbocycles. The standard InChI is InChI=1S/C18H21NO3S/c1-4-5-6-14(20)19-17-16(18(21)22)15(12(3)23-17)13-9-7-11(2)8-10-13/h7-10H,4-6H2,1-3H3,(H,19,20)(H,21,22). The summed E-state index contributed by atoms with van der Waals surface area (Å²) in [6, 6.07) is 7.74. The van der Waals surface area contributed by atoms with Crippen LogP contribution in [0.5, 0.6) is 0 Å². The van der Waals surface area contributed by atoms with Crippen LogP contribution in [0.25, 0.3) is 11.1 Å². The van der Waals surface area contributed by atoms with Crippen molar-refractivity contribution in [1.82, 2.24) is 0 Å². The highest BCUT2D eigenvalue weighted by Gasteiger charge is 2.23. The number of aryl methyl sites for hydroxylation is 2. The Bertz CT molecular complexity index is 717. The Morgan fingerprint density at radius 3 is 2.39 bits per heavy atom. The predicted octanol–water partition coefficient (Wildman–Crippen LogP) is 4.86. The van der Waals surface area contributed by atoms with E-state index in [9.17, 15) is 14.7 Å². The molecule has 0 saturated heterocycles. The van der Waals surface area contributed by atoms with E-state index < -0.39 is 5.97 Å². The van der Waals surface area contributed by atoms with E-state index in [0.29, 0.717) is 17.0 Å². The molecule has 1 heterocycles. The maximum atomic E-state index is 12.0. The van der Waals surface area contributed by atoms with Gasteiger partial charge in [0.25, 0.3) is 0 Å². The van der Waals surface area contributed by atoms with Crippen LogP contribution in [0, 0.1) is 13.8 Å². The van der Waals surface area contributed by atoms with Crippen molar-refractivity contribution in [3.05, 3.63) is 40.3 Å². The van der Waals surface area contributed by atoms with Gasteiger partial charge < -0.3 is 10.4 Å². The molecule has 0 atom stereocenters. The zero-order valence-corrected chi connectivity index (χ0v) is 14.4. The molecular formula is C18H21NO3S. The number of rotatable bonds is 6. The summed E-state index contributed by atoms with van der Waals surface area (Å²) in [6.45, 7) is 5.89. The SMILES string of the molecule is CCCCC(=O)Nc1sc(C)c(-c2ccc(C)cc2)c1C(=O)O. The van der Waals surface area contributed by atoms with Gasteiger partial charge >= 0.3 is 5.97 Å². The summed E-state index contributed by atoms with van der Waals surface area (Å²) >= 11 is 1.32. The van der Waals surface area contributed by atoms with Gasteiger partial charge in [-0.15, -0.1) is 11.3 Å². The lowest BCUT2D eigenvalue weighted by atomic mass is 10.0. The van der Waals surface area contributed by atoms with Crippen LogP contribution in [-0.4, -0.2) is 17.0 Å². The molecular weight excluding hydrogens is 310 g/mol. The first-order valence-corrected chi connectivity index (χ1v) is 8.49. The Balaban J connectivity index is 2.42. The highest BCUT2D eigenvalue weighted by molar-refractivity contribution is 7.17. The Morgan fingerprint density at radius 1 is 1.17 bits per heavy atom. The fourth-order valence-electron chi connectivity index (χ4n) is 2.43. The summed E-state index contributed by atoms with van der Waals surface area (Å²) < 4.78 is 0. The van der Waals surface area contributed by atoms with Crippen molar-refractivity contribution in [1.29, 1.82) is 0 Å². The van der Waals surface area contributed by atoms with Crippen molar-refractivity contribution in [2.24, 2.45) is 0 Å². The second-order valence-electron chi connectivity index (χ2n) is 5.56. The third-order valence-electron chi connectivity index (χ3n) is 3.65. The van der Waals surface area contributed by atoms with E-state index >= 15 is 0 Å². The number of carboxylic acids is 1. The number of carboxylic acid groups (broad SMARTS) is 1. The van der Waals surface area contributed by atoms with Crippen LogP contribution in [0.3, 0.4) is 0 Å². The lowest BCUT2D eigenvalue weighted by Gasteiger charge is -2.06. The van der Waals surface area contributed by atoms with E-state index in [1.807, 2.05) is 45.0 Å². The first-order valence-electron chi connectivity index (χ1n) is 7.67. The molecule has 0 aliphatic rings. The number of thiophene rings is 1. The van der Waals surface area contributed by atoms with Crippen molar-refractivity contribution >= 4 is 28.2 Å². The van der Waals surface area contributed by atoms with Crippen LogP contribution in [0.4, 0.5) is 5.00 Å². The van der Waals surface area contributed by atoms with Crippen molar-refractivity contribution in [2.45, 2.75) is 40.0 Å². The number of benzene rings is 1. The Kier molecular flexibility index (Phi) is 5.55. The lowest BCUT2D eigenvalue weighted by molar-refractivity contribution is -0.116. The second kappa shape index (κ2) is 7.42. The molecule has 2 N–H and O–H groups in total. The van der Waals surface area contributed by atoms with Gasteiger partial charge in [0.05, 0.1) is 0 Å². The largest absolute Gasteiger partial charge is 0.478 e. The molecule has 1 amide bonds. The molecule has 2 aromatic rings. The molecule has 1 aromatic carbocycles. The highest BCUT2D eigenvalue weighted by Crippen LogP contribution is 2.40. The number of aromatic carboxylic acids is 1. The summed E-state index contributed by atoms with van der Waals surface area (Å²) in [6.07, 6.45) is 2.13.